The van der Waals surface area contributed by atoms with Crippen molar-refractivity contribution in [2.24, 2.45) is 16.8 Å². The van der Waals surface area contributed by atoms with Gasteiger partial charge in [-0.25, -0.2) is 0 Å². The Bertz CT molecular complexity index is 512. The molecule has 1 saturated heterocycles. The Labute approximate surface area is 139 Å². The van der Waals surface area contributed by atoms with Crippen molar-refractivity contribution in [3.8, 4) is 5.75 Å². The van der Waals surface area contributed by atoms with Gasteiger partial charge in [-0.1, -0.05) is 25.0 Å². The van der Waals surface area contributed by atoms with E-state index in [1.165, 1.54) is 44.3 Å². The third-order valence-corrected chi connectivity index (χ3v) is 5.34. The van der Waals surface area contributed by atoms with Crippen LogP contribution in [0.3, 0.4) is 0 Å². The molecule has 0 spiro atoms. The van der Waals surface area contributed by atoms with Crippen LogP contribution < -0.4 is 10.1 Å². The quantitative estimate of drug-likeness (QED) is 0.685. The van der Waals surface area contributed by atoms with E-state index in [2.05, 4.69) is 27.3 Å². The summed E-state index contributed by atoms with van der Waals surface area (Å²) in [6, 6.07) is 8.31. The summed E-state index contributed by atoms with van der Waals surface area (Å²) < 4.78 is 5.20. The minimum atomic E-state index is 0.892. The van der Waals surface area contributed by atoms with E-state index >= 15 is 0 Å². The lowest BCUT2D eigenvalue weighted by Crippen LogP contribution is -2.41. The molecular formula is C19H29N3O. The lowest BCUT2D eigenvalue weighted by Gasteiger charge is -2.22. The normalized spacial score (nSPS) is 24.4. The number of guanidine groups is 1. The molecule has 126 valence electrons. The highest BCUT2D eigenvalue weighted by atomic mass is 16.5. The molecule has 1 N–H and O–H groups in total. The number of hydrogen-bond acceptors (Lipinski definition) is 2. The number of rotatable bonds is 4. The molecule has 0 aromatic heterocycles. The largest absolute Gasteiger partial charge is 0.497 e. The van der Waals surface area contributed by atoms with Crippen LogP contribution in [0.5, 0.6) is 5.75 Å². The van der Waals surface area contributed by atoms with E-state index < -0.39 is 0 Å². The molecule has 0 amide bonds. The number of likely N-dealkylation sites (tertiary alicyclic amines) is 1. The molecule has 1 heterocycles. The first-order chi connectivity index (χ1) is 11.3. The van der Waals surface area contributed by atoms with Crippen molar-refractivity contribution < 1.29 is 4.74 Å². The molecule has 0 bridgehead atoms. The summed E-state index contributed by atoms with van der Waals surface area (Å²) in [6.07, 6.45) is 6.65. The Balaban J connectivity index is 1.48. The number of nitrogens with one attached hydrogen (secondary N) is 1. The van der Waals surface area contributed by atoms with Gasteiger partial charge >= 0.3 is 0 Å². The van der Waals surface area contributed by atoms with E-state index in [0.717, 1.165) is 36.5 Å². The fourth-order valence-corrected chi connectivity index (χ4v) is 4.02. The minimum Gasteiger partial charge on any atom is -0.497 e. The number of methoxy groups -OCH3 is 1. The average Bonchev–Trinajstić information content (AvgIpc) is 3.03. The number of hydrogen-bond donors (Lipinski definition) is 1. The second-order valence-corrected chi connectivity index (χ2v) is 6.78. The molecule has 1 aliphatic heterocycles. The molecule has 2 atom stereocenters. The zero-order chi connectivity index (χ0) is 16.1. The third-order valence-electron chi connectivity index (χ3n) is 5.34. The van der Waals surface area contributed by atoms with Crippen molar-refractivity contribution in [3.63, 3.8) is 0 Å². The maximum absolute atomic E-state index is 5.20. The standard InChI is InChI=1S/C19H29N3O/c1-20-19(22-13-16-5-3-4-6-17(16)14-22)21-12-11-15-7-9-18(23-2)10-8-15/h7-10,16-17H,3-6,11-14H2,1-2H3,(H,20,21). The molecular weight excluding hydrogens is 286 g/mol. The van der Waals surface area contributed by atoms with Gasteiger partial charge in [0.15, 0.2) is 5.96 Å². The highest BCUT2D eigenvalue weighted by Crippen LogP contribution is 2.35. The van der Waals surface area contributed by atoms with Crippen LogP contribution in [-0.2, 0) is 6.42 Å². The number of ether oxygens (including phenoxy) is 1. The van der Waals surface area contributed by atoms with Crippen LogP contribution in [0.1, 0.15) is 31.2 Å². The highest BCUT2D eigenvalue weighted by molar-refractivity contribution is 5.80. The van der Waals surface area contributed by atoms with Gasteiger partial charge in [-0.15, -0.1) is 0 Å². The SMILES string of the molecule is CN=C(NCCc1ccc(OC)cc1)N1CC2CCCCC2C1. The Morgan fingerprint density at radius 2 is 1.83 bits per heavy atom. The molecule has 1 aliphatic carbocycles. The summed E-state index contributed by atoms with van der Waals surface area (Å²) in [5, 5.41) is 3.54. The second kappa shape index (κ2) is 7.71. The lowest BCUT2D eigenvalue weighted by atomic mass is 9.82. The van der Waals surface area contributed by atoms with Gasteiger partial charge in [-0.3, -0.25) is 4.99 Å². The van der Waals surface area contributed by atoms with Crippen molar-refractivity contribution in [1.29, 1.82) is 0 Å². The fourth-order valence-electron chi connectivity index (χ4n) is 4.02. The molecule has 2 fully saturated rings. The van der Waals surface area contributed by atoms with Crippen LogP contribution in [0.25, 0.3) is 0 Å². The van der Waals surface area contributed by atoms with E-state index in [1.807, 2.05) is 19.2 Å². The first-order valence-electron chi connectivity index (χ1n) is 8.88. The van der Waals surface area contributed by atoms with Crippen molar-refractivity contribution in [3.05, 3.63) is 29.8 Å². The van der Waals surface area contributed by atoms with Gasteiger partial charge in [0, 0.05) is 26.7 Å². The average molecular weight is 315 g/mol. The molecule has 4 nitrogen and oxygen atoms in total. The molecule has 2 unspecified atom stereocenters. The Morgan fingerprint density at radius 1 is 1.17 bits per heavy atom. The maximum Gasteiger partial charge on any atom is 0.193 e. The summed E-state index contributed by atoms with van der Waals surface area (Å²) >= 11 is 0. The Hall–Kier alpha value is -1.71. The predicted molar refractivity (Wildman–Crippen MR) is 95.1 cm³/mol. The molecule has 2 aliphatic rings. The van der Waals surface area contributed by atoms with Gasteiger partial charge in [0.05, 0.1) is 7.11 Å². The van der Waals surface area contributed by atoms with E-state index in [0.29, 0.717) is 0 Å². The zero-order valence-corrected chi connectivity index (χ0v) is 14.4. The van der Waals surface area contributed by atoms with Crippen LogP contribution in [0.2, 0.25) is 0 Å². The van der Waals surface area contributed by atoms with Crippen LogP contribution in [0.4, 0.5) is 0 Å². The molecule has 23 heavy (non-hydrogen) atoms. The van der Waals surface area contributed by atoms with Gasteiger partial charge in [-0.05, 0) is 48.8 Å². The van der Waals surface area contributed by atoms with Crippen molar-refractivity contribution in [2.45, 2.75) is 32.1 Å². The monoisotopic (exact) mass is 315 g/mol. The van der Waals surface area contributed by atoms with Gasteiger partial charge in [-0.2, -0.15) is 0 Å². The fraction of sp³-hybridized carbons (Fsp3) is 0.632. The van der Waals surface area contributed by atoms with Gasteiger partial charge in [0.2, 0.25) is 0 Å². The summed E-state index contributed by atoms with van der Waals surface area (Å²) in [6.45, 7) is 3.30. The molecule has 0 radical (unpaired) electrons. The Kier molecular flexibility index (Phi) is 5.42. The predicted octanol–water partition coefficient (Wildman–Crippen LogP) is 2.94. The molecule has 1 saturated carbocycles. The maximum atomic E-state index is 5.20. The minimum absolute atomic E-state index is 0.892. The van der Waals surface area contributed by atoms with Gasteiger partial charge in [0.1, 0.15) is 5.75 Å². The van der Waals surface area contributed by atoms with Gasteiger partial charge < -0.3 is 15.0 Å². The molecule has 4 heteroatoms. The van der Waals surface area contributed by atoms with Crippen molar-refractivity contribution in [1.82, 2.24) is 10.2 Å². The Morgan fingerprint density at radius 3 is 2.39 bits per heavy atom. The summed E-state index contributed by atoms with van der Waals surface area (Å²) in [5.41, 5.74) is 1.32. The van der Waals surface area contributed by atoms with E-state index in [1.54, 1.807) is 7.11 Å². The van der Waals surface area contributed by atoms with Crippen LogP contribution in [-0.4, -0.2) is 44.7 Å². The smallest absolute Gasteiger partial charge is 0.193 e. The molecule has 1 aromatic rings. The third kappa shape index (κ3) is 3.98. The van der Waals surface area contributed by atoms with E-state index in [9.17, 15) is 0 Å². The molecule has 3 rings (SSSR count). The van der Waals surface area contributed by atoms with Crippen molar-refractivity contribution >= 4 is 5.96 Å². The number of aliphatic imine (C=N–C) groups is 1. The number of benzene rings is 1. The summed E-state index contributed by atoms with van der Waals surface area (Å²) in [5.74, 6) is 3.78. The second-order valence-electron chi connectivity index (χ2n) is 6.78. The highest BCUT2D eigenvalue weighted by Gasteiger charge is 2.35. The van der Waals surface area contributed by atoms with Gasteiger partial charge in [0.25, 0.3) is 0 Å². The van der Waals surface area contributed by atoms with Crippen LogP contribution in [0.15, 0.2) is 29.3 Å². The van der Waals surface area contributed by atoms with Crippen LogP contribution in [0, 0.1) is 11.8 Å². The first-order valence-corrected chi connectivity index (χ1v) is 8.88. The lowest BCUT2D eigenvalue weighted by molar-refractivity contribution is 0.299. The van der Waals surface area contributed by atoms with Crippen LogP contribution >= 0.6 is 0 Å². The number of fused-ring (bicyclic) bond motifs is 1. The number of nitrogens with zero attached hydrogens (tertiary/aromatic N) is 2. The zero-order valence-electron chi connectivity index (χ0n) is 14.4. The topological polar surface area (TPSA) is 36.9 Å². The van der Waals surface area contributed by atoms with Crippen molar-refractivity contribution in [2.75, 3.05) is 33.8 Å². The van der Waals surface area contributed by atoms with E-state index in [4.69, 9.17) is 4.74 Å². The first kappa shape index (κ1) is 16.2. The van der Waals surface area contributed by atoms with E-state index in [-0.39, 0.29) is 0 Å². The summed E-state index contributed by atoms with van der Waals surface area (Å²) in [7, 11) is 3.60. The molecule has 1 aromatic carbocycles. The summed E-state index contributed by atoms with van der Waals surface area (Å²) in [4.78, 5) is 6.96.